The molecular formula is C25H45N3O6. The molecule has 0 aliphatic carbocycles. The highest BCUT2D eigenvalue weighted by molar-refractivity contribution is 5.93. The number of likely N-dealkylation sites (tertiary alicyclic amines) is 1. The zero-order chi connectivity index (χ0) is 26.1. The van der Waals surface area contributed by atoms with Crippen LogP contribution in [-0.2, 0) is 23.9 Å². The van der Waals surface area contributed by atoms with Crippen molar-refractivity contribution in [2.75, 3.05) is 13.2 Å². The summed E-state index contributed by atoms with van der Waals surface area (Å²) in [6.45, 7) is 15.6. The lowest BCUT2D eigenvalue weighted by molar-refractivity contribution is -0.154. The van der Waals surface area contributed by atoms with Crippen molar-refractivity contribution in [3.63, 3.8) is 0 Å². The molecule has 0 spiro atoms. The molecular weight excluding hydrogens is 438 g/mol. The number of esters is 1. The molecule has 0 radical (unpaired) electrons. The molecule has 0 aromatic heterocycles. The van der Waals surface area contributed by atoms with Gasteiger partial charge in [-0.1, -0.05) is 41.0 Å². The SMILES string of the molecule is CCCCOC(=O)[C@@H]1CCCN1C(=O)[C@H](CC(C)C)NC(=O)[C@@H](NC(=O)OC(C)(C)C)C(C)C. The zero-order valence-corrected chi connectivity index (χ0v) is 22.2. The van der Waals surface area contributed by atoms with Crippen molar-refractivity contribution in [1.29, 1.82) is 0 Å². The smallest absolute Gasteiger partial charge is 0.408 e. The lowest BCUT2D eigenvalue weighted by atomic mass is 9.99. The highest BCUT2D eigenvalue weighted by Gasteiger charge is 2.39. The van der Waals surface area contributed by atoms with E-state index >= 15 is 0 Å². The van der Waals surface area contributed by atoms with E-state index in [2.05, 4.69) is 10.6 Å². The van der Waals surface area contributed by atoms with Crippen molar-refractivity contribution in [2.24, 2.45) is 11.8 Å². The van der Waals surface area contributed by atoms with Gasteiger partial charge in [-0.2, -0.15) is 0 Å². The molecule has 0 saturated carbocycles. The Hall–Kier alpha value is -2.32. The van der Waals surface area contributed by atoms with Gasteiger partial charge in [0, 0.05) is 6.54 Å². The molecule has 9 heteroatoms. The number of carbonyl (C=O) groups excluding carboxylic acids is 4. The van der Waals surface area contributed by atoms with Gasteiger partial charge in [0.15, 0.2) is 0 Å². The normalized spacial score (nSPS) is 17.9. The molecule has 0 aromatic rings. The number of nitrogens with zero attached hydrogens (tertiary/aromatic N) is 1. The molecule has 1 saturated heterocycles. The number of ether oxygens (including phenoxy) is 2. The van der Waals surface area contributed by atoms with E-state index in [4.69, 9.17) is 9.47 Å². The average Bonchev–Trinajstić information content (AvgIpc) is 3.19. The third kappa shape index (κ3) is 9.89. The first kappa shape index (κ1) is 29.7. The Morgan fingerprint density at radius 3 is 2.24 bits per heavy atom. The molecule has 34 heavy (non-hydrogen) atoms. The Balaban J connectivity index is 2.95. The number of unbranched alkanes of at least 4 members (excludes halogenated alkanes) is 1. The van der Waals surface area contributed by atoms with E-state index in [1.807, 2.05) is 34.6 Å². The molecule has 2 N–H and O–H groups in total. The van der Waals surface area contributed by atoms with Crippen molar-refractivity contribution in [3.8, 4) is 0 Å². The summed E-state index contributed by atoms with van der Waals surface area (Å²) in [4.78, 5) is 53.0. The van der Waals surface area contributed by atoms with E-state index in [0.29, 0.717) is 32.4 Å². The van der Waals surface area contributed by atoms with Crippen LogP contribution in [0.1, 0.15) is 87.5 Å². The average molecular weight is 484 g/mol. The second-order valence-corrected chi connectivity index (χ2v) is 10.8. The Morgan fingerprint density at radius 1 is 1.06 bits per heavy atom. The molecule has 1 fully saturated rings. The molecule has 0 bridgehead atoms. The van der Waals surface area contributed by atoms with Gasteiger partial charge in [0.2, 0.25) is 11.8 Å². The van der Waals surface area contributed by atoms with Crippen LogP contribution in [0.25, 0.3) is 0 Å². The van der Waals surface area contributed by atoms with Crippen LogP contribution in [0.15, 0.2) is 0 Å². The first-order chi connectivity index (χ1) is 15.8. The second-order valence-electron chi connectivity index (χ2n) is 10.8. The van der Waals surface area contributed by atoms with Gasteiger partial charge < -0.3 is 25.0 Å². The van der Waals surface area contributed by atoms with Crippen LogP contribution in [0.4, 0.5) is 4.79 Å². The number of carbonyl (C=O) groups is 4. The fraction of sp³-hybridized carbons (Fsp3) is 0.840. The minimum absolute atomic E-state index is 0.128. The summed E-state index contributed by atoms with van der Waals surface area (Å²) in [5.41, 5.74) is -0.700. The van der Waals surface area contributed by atoms with Crippen LogP contribution in [0, 0.1) is 11.8 Å². The Morgan fingerprint density at radius 2 is 1.71 bits per heavy atom. The maximum Gasteiger partial charge on any atom is 0.408 e. The minimum atomic E-state index is -0.870. The van der Waals surface area contributed by atoms with Crippen molar-refractivity contribution >= 4 is 23.9 Å². The number of hydrogen-bond donors (Lipinski definition) is 2. The first-order valence-corrected chi connectivity index (χ1v) is 12.5. The van der Waals surface area contributed by atoms with Gasteiger partial charge in [-0.05, 0) is 58.3 Å². The van der Waals surface area contributed by atoms with E-state index in [0.717, 1.165) is 12.8 Å². The molecule has 1 aliphatic heterocycles. The van der Waals surface area contributed by atoms with E-state index in [9.17, 15) is 19.2 Å². The van der Waals surface area contributed by atoms with Crippen LogP contribution in [0.5, 0.6) is 0 Å². The van der Waals surface area contributed by atoms with Crippen LogP contribution >= 0.6 is 0 Å². The van der Waals surface area contributed by atoms with E-state index in [1.165, 1.54) is 4.90 Å². The first-order valence-electron chi connectivity index (χ1n) is 12.5. The van der Waals surface area contributed by atoms with Gasteiger partial charge in [-0.15, -0.1) is 0 Å². The molecule has 3 amide bonds. The Kier molecular flexibility index (Phi) is 11.8. The predicted octanol–water partition coefficient (Wildman–Crippen LogP) is 3.40. The van der Waals surface area contributed by atoms with Crippen LogP contribution in [0.3, 0.4) is 0 Å². The van der Waals surface area contributed by atoms with E-state index in [-0.39, 0.29) is 23.7 Å². The second kappa shape index (κ2) is 13.5. The lowest BCUT2D eigenvalue weighted by Crippen LogP contribution is -2.57. The highest BCUT2D eigenvalue weighted by atomic mass is 16.6. The van der Waals surface area contributed by atoms with Gasteiger partial charge in [0.1, 0.15) is 23.7 Å². The number of nitrogens with one attached hydrogen (secondary N) is 2. The Labute approximate surface area is 204 Å². The third-order valence-electron chi connectivity index (χ3n) is 5.49. The summed E-state index contributed by atoms with van der Waals surface area (Å²) < 4.78 is 10.7. The van der Waals surface area contributed by atoms with Crippen LogP contribution in [0.2, 0.25) is 0 Å². The van der Waals surface area contributed by atoms with Gasteiger partial charge in [0.05, 0.1) is 6.61 Å². The van der Waals surface area contributed by atoms with Gasteiger partial charge >= 0.3 is 12.1 Å². The molecule has 0 aromatic carbocycles. The summed E-state index contributed by atoms with van der Waals surface area (Å²) in [5, 5.41) is 5.46. The third-order valence-corrected chi connectivity index (χ3v) is 5.49. The summed E-state index contributed by atoms with van der Waals surface area (Å²) >= 11 is 0. The number of amides is 3. The standard InChI is InChI=1S/C25H45N3O6/c1-9-10-14-33-23(31)19-12-11-13-28(19)22(30)18(15-16(2)3)26-21(29)20(17(4)5)27-24(32)34-25(6,7)8/h16-20H,9-15H2,1-8H3,(H,26,29)(H,27,32)/t18-,19-,20-/m0/s1. The van der Waals surface area contributed by atoms with Gasteiger partial charge in [-0.25, -0.2) is 9.59 Å². The van der Waals surface area contributed by atoms with Crippen molar-refractivity contribution in [3.05, 3.63) is 0 Å². The molecule has 0 unspecified atom stereocenters. The molecule has 1 rings (SSSR count). The summed E-state index contributed by atoms with van der Waals surface area (Å²) in [6, 6.07) is -2.30. The molecule has 196 valence electrons. The van der Waals surface area contributed by atoms with Crippen molar-refractivity contribution in [1.82, 2.24) is 15.5 Å². The van der Waals surface area contributed by atoms with Crippen LogP contribution < -0.4 is 10.6 Å². The topological polar surface area (TPSA) is 114 Å². The van der Waals surface area contributed by atoms with E-state index in [1.54, 1.807) is 20.8 Å². The Bertz CT molecular complexity index is 701. The summed E-state index contributed by atoms with van der Waals surface area (Å²) in [5.74, 6) is -1.24. The van der Waals surface area contributed by atoms with Crippen molar-refractivity contribution in [2.45, 2.75) is 111 Å². The highest BCUT2D eigenvalue weighted by Crippen LogP contribution is 2.22. The number of hydrogen-bond acceptors (Lipinski definition) is 6. The van der Waals surface area contributed by atoms with Crippen molar-refractivity contribution < 1.29 is 28.7 Å². The molecule has 3 atom stereocenters. The summed E-state index contributed by atoms with van der Waals surface area (Å²) in [7, 11) is 0. The zero-order valence-electron chi connectivity index (χ0n) is 22.2. The predicted molar refractivity (Wildman–Crippen MR) is 130 cm³/mol. The fourth-order valence-corrected chi connectivity index (χ4v) is 3.81. The lowest BCUT2D eigenvalue weighted by Gasteiger charge is -2.31. The summed E-state index contributed by atoms with van der Waals surface area (Å²) in [6.07, 6.45) is 2.67. The minimum Gasteiger partial charge on any atom is -0.464 e. The molecule has 1 aliphatic rings. The number of alkyl carbamates (subject to hydrolysis) is 1. The van der Waals surface area contributed by atoms with E-state index < -0.39 is 35.7 Å². The van der Waals surface area contributed by atoms with Crippen LogP contribution in [-0.4, -0.2) is 65.7 Å². The monoisotopic (exact) mass is 483 g/mol. The maximum absolute atomic E-state index is 13.5. The molecule has 9 nitrogen and oxygen atoms in total. The number of rotatable bonds is 11. The largest absolute Gasteiger partial charge is 0.464 e. The quantitative estimate of drug-likeness (QED) is 0.344. The maximum atomic E-state index is 13.5. The van der Waals surface area contributed by atoms with Gasteiger partial charge in [0.25, 0.3) is 0 Å². The van der Waals surface area contributed by atoms with Gasteiger partial charge in [-0.3, -0.25) is 9.59 Å². The molecule has 1 heterocycles. The fourth-order valence-electron chi connectivity index (χ4n) is 3.81.